The number of hydrogen-bond donors (Lipinski definition) is 3. The average Bonchev–Trinajstić information content (AvgIpc) is 2.55. The van der Waals surface area contributed by atoms with Crippen LogP contribution in [0.5, 0.6) is 0 Å². The van der Waals surface area contributed by atoms with E-state index >= 15 is 0 Å². The van der Waals surface area contributed by atoms with Crippen LogP contribution in [0.4, 0.5) is 0 Å². The molecule has 0 aliphatic heterocycles. The molecule has 1 amide bonds. The summed E-state index contributed by atoms with van der Waals surface area (Å²) in [6.45, 7) is 0.0740. The molecule has 0 spiro atoms. The third kappa shape index (κ3) is 3.90. The molecule has 0 saturated heterocycles. The molecule has 0 aliphatic rings. The Balaban J connectivity index is 2.11. The molecule has 0 radical (unpaired) electrons. The summed E-state index contributed by atoms with van der Waals surface area (Å²) in [6.07, 6.45) is 0. The van der Waals surface area contributed by atoms with Gasteiger partial charge in [0, 0.05) is 6.54 Å². The van der Waals surface area contributed by atoms with E-state index in [4.69, 9.17) is 5.73 Å². The predicted octanol–water partition coefficient (Wildman–Crippen LogP) is 1.58. The summed E-state index contributed by atoms with van der Waals surface area (Å²) in [5, 5.41) is 12.4. The van der Waals surface area contributed by atoms with Crippen molar-refractivity contribution in [1.29, 1.82) is 0 Å². The first-order chi connectivity index (χ1) is 10.3. The fraction of sp³-hybridized carbons (Fsp3) is 0.235. The summed E-state index contributed by atoms with van der Waals surface area (Å²) in [5.74, 6) is -0.587. The number of nitrogens with two attached hydrogens (primary N) is 1. The minimum absolute atomic E-state index is 0.151. The zero-order valence-electron chi connectivity index (χ0n) is 11.8. The molecule has 2 aromatic rings. The Kier molecular flexibility index (Phi) is 5.49. The lowest BCUT2D eigenvalue weighted by atomic mass is 9.97. The van der Waals surface area contributed by atoms with Crippen LogP contribution in [-0.2, 0) is 4.79 Å². The molecule has 4 heteroatoms. The van der Waals surface area contributed by atoms with Gasteiger partial charge in [0.1, 0.15) is 0 Å². The van der Waals surface area contributed by atoms with Gasteiger partial charge in [0.05, 0.1) is 18.6 Å². The van der Waals surface area contributed by atoms with Crippen molar-refractivity contribution in [2.45, 2.75) is 12.0 Å². The molecule has 0 bridgehead atoms. The van der Waals surface area contributed by atoms with Gasteiger partial charge in [-0.3, -0.25) is 4.79 Å². The molecular weight excluding hydrogens is 264 g/mol. The monoisotopic (exact) mass is 284 g/mol. The Morgan fingerprint density at radius 2 is 1.52 bits per heavy atom. The average molecular weight is 284 g/mol. The normalized spacial score (nSPS) is 13.4. The SMILES string of the molecule is NCC(C(=O)NC(CO)c1ccccc1)c1ccccc1. The summed E-state index contributed by atoms with van der Waals surface area (Å²) in [4.78, 5) is 12.4. The largest absolute Gasteiger partial charge is 0.394 e. The van der Waals surface area contributed by atoms with E-state index in [9.17, 15) is 9.90 Å². The third-order valence-electron chi connectivity index (χ3n) is 3.46. The van der Waals surface area contributed by atoms with Gasteiger partial charge in [-0.25, -0.2) is 0 Å². The van der Waals surface area contributed by atoms with E-state index in [1.165, 1.54) is 0 Å². The molecule has 2 rings (SSSR count). The Morgan fingerprint density at radius 3 is 2.00 bits per heavy atom. The second kappa shape index (κ2) is 7.57. The highest BCUT2D eigenvalue weighted by molar-refractivity contribution is 5.84. The number of carbonyl (C=O) groups is 1. The maximum absolute atomic E-state index is 12.4. The Morgan fingerprint density at radius 1 is 1.00 bits per heavy atom. The standard InChI is InChI=1S/C17H20N2O2/c18-11-15(13-7-3-1-4-8-13)17(21)19-16(12-20)14-9-5-2-6-10-14/h1-10,15-16,20H,11-12,18H2,(H,19,21). The fourth-order valence-corrected chi connectivity index (χ4v) is 2.27. The van der Waals surface area contributed by atoms with Crippen molar-refractivity contribution in [2.75, 3.05) is 13.2 Å². The number of carbonyl (C=O) groups excluding carboxylic acids is 1. The van der Waals surface area contributed by atoms with Crippen LogP contribution in [0, 0.1) is 0 Å². The van der Waals surface area contributed by atoms with Crippen molar-refractivity contribution in [1.82, 2.24) is 5.32 Å². The summed E-state index contributed by atoms with van der Waals surface area (Å²) in [6, 6.07) is 18.4. The highest BCUT2D eigenvalue weighted by atomic mass is 16.3. The van der Waals surface area contributed by atoms with Crippen LogP contribution in [-0.4, -0.2) is 24.2 Å². The van der Waals surface area contributed by atoms with Crippen LogP contribution >= 0.6 is 0 Å². The second-order valence-electron chi connectivity index (χ2n) is 4.85. The lowest BCUT2D eigenvalue weighted by Gasteiger charge is -2.21. The maximum Gasteiger partial charge on any atom is 0.229 e. The van der Waals surface area contributed by atoms with Crippen molar-refractivity contribution >= 4 is 5.91 Å². The van der Waals surface area contributed by atoms with Crippen molar-refractivity contribution in [3.05, 3.63) is 71.8 Å². The van der Waals surface area contributed by atoms with Crippen molar-refractivity contribution in [3.8, 4) is 0 Å². The quantitative estimate of drug-likeness (QED) is 0.754. The van der Waals surface area contributed by atoms with Gasteiger partial charge in [-0.1, -0.05) is 60.7 Å². The van der Waals surface area contributed by atoms with Gasteiger partial charge in [-0.05, 0) is 11.1 Å². The minimum Gasteiger partial charge on any atom is -0.394 e. The van der Waals surface area contributed by atoms with Crippen LogP contribution in [0.1, 0.15) is 23.1 Å². The van der Waals surface area contributed by atoms with Crippen LogP contribution in [0.3, 0.4) is 0 Å². The highest BCUT2D eigenvalue weighted by Crippen LogP contribution is 2.17. The zero-order chi connectivity index (χ0) is 15.1. The van der Waals surface area contributed by atoms with E-state index in [1.54, 1.807) is 0 Å². The van der Waals surface area contributed by atoms with Crippen LogP contribution < -0.4 is 11.1 Å². The zero-order valence-corrected chi connectivity index (χ0v) is 11.8. The van der Waals surface area contributed by atoms with Gasteiger partial charge in [0.15, 0.2) is 0 Å². The van der Waals surface area contributed by atoms with E-state index in [2.05, 4.69) is 5.32 Å². The first-order valence-corrected chi connectivity index (χ1v) is 6.97. The molecule has 0 aromatic heterocycles. The molecule has 2 aromatic carbocycles. The number of benzene rings is 2. The van der Waals surface area contributed by atoms with Crippen LogP contribution in [0.25, 0.3) is 0 Å². The first kappa shape index (κ1) is 15.2. The summed E-state index contributed by atoms with van der Waals surface area (Å²) in [7, 11) is 0. The lowest BCUT2D eigenvalue weighted by molar-refractivity contribution is -0.123. The number of hydrogen-bond acceptors (Lipinski definition) is 3. The molecule has 4 nitrogen and oxygen atoms in total. The van der Waals surface area contributed by atoms with Gasteiger partial charge in [0.2, 0.25) is 5.91 Å². The smallest absolute Gasteiger partial charge is 0.229 e. The van der Waals surface area contributed by atoms with Crippen LogP contribution in [0.2, 0.25) is 0 Å². The van der Waals surface area contributed by atoms with E-state index in [0.717, 1.165) is 11.1 Å². The lowest BCUT2D eigenvalue weighted by Crippen LogP contribution is -2.37. The molecule has 2 unspecified atom stereocenters. The van der Waals surface area contributed by atoms with Crippen LogP contribution in [0.15, 0.2) is 60.7 Å². The van der Waals surface area contributed by atoms with Crippen molar-refractivity contribution < 1.29 is 9.90 Å². The molecule has 2 atom stereocenters. The molecule has 0 heterocycles. The Hall–Kier alpha value is -2.17. The van der Waals surface area contributed by atoms with Crippen molar-refractivity contribution in [2.24, 2.45) is 5.73 Å². The topological polar surface area (TPSA) is 75.4 Å². The first-order valence-electron chi connectivity index (χ1n) is 6.97. The second-order valence-corrected chi connectivity index (χ2v) is 4.85. The molecule has 0 aliphatic carbocycles. The molecule has 21 heavy (non-hydrogen) atoms. The van der Waals surface area contributed by atoms with Gasteiger partial charge in [0.25, 0.3) is 0 Å². The van der Waals surface area contributed by atoms with Gasteiger partial charge in [-0.2, -0.15) is 0 Å². The van der Waals surface area contributed by atoms with E-state index in [1.807, 2.05) is 60.7 Å². The van der Waals surface area contributed by atoms with Crippen molar-refractivity contribution in [3.63, 3.8) is 0 Å². The minimum atomic E-state index is -0.420. The fourth-order valence-electron chi connectivity index (χ4n) is 2.27. The highest BCUT2D eigenvalue weighted by Gasteiger charge is 2.22. The molecular formula is C17H20N2O2. The van der Waals surface area contributed by atoms with E-state index in [0.29, 0.717) is 0 Å². The number of nitrogens with one attached hydrogen (secondary N) is 1. The molecule has 110 valence electrons. The summed E-state index contributed by atoms with van der Waals surface area (Å²) in [5.41, 5.74) is 7.49. The molecule has 4 N–H and O–H groups in total. The Bertz CT molecular complexity index is 558. The van der Waals surface area contributed by atoms with Gasteiger partial charge >= 0.3 is 0 Å². The number of amides is 1. The Labute approximate surface area is 124 Å². The van der Waals surface area contributed by atoms with Gasteiger partial charge < -0.3 is 16.2 Å². The predicted molar refractivity (Wildman–Crippen MR) is 82.6 cm³/mol. The summed E-state index contributed by atoms with van der Waals surface area (Å²) < 4.78 is 0. The number of aliphatic hydroxyl groups excluding tert-OH is 1. The molecule has 0 fully saturated rings. The van der Waals surface area contributed by atoms with E-state index in [-0.39, 0.29) is 19.1 Å². The number of rotatable bonds is 6. The number of aliphatic hydroxyl groups is 1. The maximum atomic E-state index is 12.4. The third-order valence-corrected chi connectivity index (χ3v) is 3.46. The van der Waals surface area contributed by atoms with E-state index < -0.39 is 12.0 Å². The summed E-state index contributed by atoms with van der Waals surface area (Å²) >= 11 is 0. The van der Waals surface area contributed by atoms with Gasteiger partial charge in [-0.15, -0.1) is 0 Å². The molecule has 0 saturated carbocycles.